The highest BCUT2D eigenvalue weighted by atomic mass is 79.9. The van der Waals surface area contributed by atoms with E-state index in [9.17, 15) is 4.79 Å². The molecule has 1 N–H and O–H groups in total. The molecule has 4 heteroatoms. The summed E-state index contributed by atoms with van der Waals surface area (Å²) in [6.45, 7) is 5.59. The van der Waals surface area contributed by atoms with E-state index in [1.165, 1.54) is 0 Å². The lowest BCUT2D eigenvalue weighted by Gasteiger charge is -2.06. The Bertz CT molecular complexity index is 582. The Morgan fingerprint density at radius 1 is 1.17 bits per heavy atom. The highest BCUT2D eigenvalue weighted by Gasteiger charge is 2.13. The first-order valence-electron chi connectivity index (χ1n) is 5.61. The molecule has 0 aliphatic heterocycles. The second-order valence-corrected chi connectivity index (χ2v) is 5.21. The zero-order chi connectivity index (χ0) is 13.3. The van der Waals surface area contributed by atoms with Crippen molar-refractivity contribution < 1.29 is 9.21 Å². The van der Waals surface area contributed by atoms with Crippen molar-refractivity contribution >= 4 is 27.5 Å². The largest absolute Gasteiger partial charge is 0.466 e. The Morgan fingerprint density at radius 3 is 2.44 bits per heavy atom. The highest BCUT2D eigenvalue weighted by Crippen LogP contribution is 2.21. The summed E-state index contributed by atoms with van der Waals surface area (Å²) < 4.78 is 6.29. The van der Waals surface area contributed by atoms with Gasteiger partial charge in [0, 0.05) is 10.2 Å². The molecular weight excluding hydrogens is 294 g/mol. The van der Waals surface area contributed by atoms with Gasteiger partial charge in [-0.05, 0) is 50.6 Å². The van der Waals surface area contributed by atoms with Gasteiger partial charge in [-0.25, -0.2) is 0 Å². The summed E-state index contributed by atoms with van der Waals surface area (Å²) in [5.74, 6) is 1.22. The molecule has 0 radical (unpaired) electrons. The van der Waals surface area contributed by atoms with E-state index in [0.29, 0.717) is 11.3 Å². The van der Waals surface area contributed by atoms with Crippen LogP contribution < -0.4 is 5.32 Å². The molecule has 94 valence electrons. The second-order valence-electron chi connectivity index (χ2n) is 4.30. The molecule has 0 saturated carbocycles. The minimum atomic E-state index is -0.151. The van der Waals surface area contributed by atoms with Crippen molar-refractivity contribution in [3.63, 3.8) is 0 Å². The number of nitrogens with one attached hydrogen (secondary N) is 1. The van der Waals surface area contributed by atoms with Crippen LogP contribution in [0.15, 0.2) is 33.2 Å². The van der Waals surface area contributed by atoms with Gasteiger partial charge in [0.2, 0.25) is 0 Å². The maximum atomic E-state index is 12.1. The Morgan fingerprint density at radius 2 is 1.89 bits per heavy atom. The maximum absolute atomic E-state index is 12.1. The normalized spacial score (nSPS) is 10.4. The maximum Gasteiger partial charge on any atom is 0.259 e. The minimum Gasteiger partial charge on any atom is -0.466 e. The fourth-order valence-electron chi connectivity index (χ4n) is 1.86. The molecule has 0 spiro atoms. The number of carbonyl (C=O) groups is 1. The first-order chi connectivity index (χ1) is 8.45. The van der Waals surface area contributed by atoms with E-state index < -0.39 is 0 Å². The molecule has 0 aliphatic rings. The summed E-state index contributed by atoms with van der Waals surface area (Å²) in [5, 5.41) is 2.87. The van der Waals surface area contributed by atoms with Gasteiger partial charge < -0.3 is 9.73 Å². The van der Waals surface area contributed by atoms with Crippen LogP contribution in [0, 0.1) is 20.8 Å². The fourth-order valence-corrected chi connectivity index (χ4v) is 2.47. The fraction of sp³-hybridized carbons (Fsp3) is 0.214. The molecule has 0 bridgehead atoms. The van der Waals surface area contributed by atoms with Gasteiger partial charge in [-0.1, -0.05) is 15.9 Å². The smallest absolute Gasteiger partial charge is 0.259 e. The molecule has 1 amide bonds. The third kappa shape index (κ3) is 2.82. The molecule has 2 rings (SSSR count). The number of carbonyl (C=O) groups excluding carboxylic acids is 1. The van der Waals surface area contributed by atoms with Gasteiger partial charge in [-0.15, -0.1) is 0 Å². The van der Waals surface area contributed by atoms with Crippen molar-refractivity contribution in [3.05, 3.63) is 51.4 Å². The summed E-state index contributed by atoms with van der Waals surface area (Å²) in [7, 11) is 0. The van der Waals surface area contributed by atoms with Crippen LogP contribution in [0.25, 0.3) is 0 Å². The van der Waals surface area contributed by atoms with E-state index >= 15 is 0 Å². The average molecular weight is 308 g/mol. The van der Waals surface area contributed by atoms with E-state index in [0.717, 1.165) is 21.5 Å². The molecule has 1 heterocycles. The van der Waals surface area contributed by atoms with Crippen LogP contribution in [0.2, 0.25) is 0 Å². The van der Waals surface area contributed by atoms with Crippen molar-refractivity contribution in [2.45, 2.75) is 20.8 Å². The molecule has 18 heavy (non-hydrogen) atoms. The van der Waals surface area contributed by atoms with E-state index in [2.05, 4.69) is 21.2 Å². The Hall–Kier alpha value is -1.55. The Kier molecular flexibility index (Phi) is 3.57. The van der Waals surface area contributed by atoms with Crippen LogP contribution in [0.1, 0.15) is 27.4 Å². The standard InChI is InChI=1S/C14H14BrNO2/c1-8-4-11(15)7-12(5-8)16-14(17)13-6-9(2)18-10(13)3/h4-7H,1-3H3,(H,16,17). The third-order valence-corrected chi connectivity index (χ3v) is 3.04. The van der Waals surface area contributed by atoms with E-state index in [4.69, 9.17) is 4.42 Å². The van der Waals surface area contributed by atoms with Crippen LogP contribution >= 0.6 is 15.9 Å². The molecule has 2 aromatic rings. The first kappa shape index (κ1) is 12.9. The quantitative estimate of drug-likeness (QED) is 0.902. The lowest BCUT2D eigenvalue weighted by molar-refractivity contribution is 0.102. The van der Waals surface area contributed by atoms with Gasteiger partial charge in [-0.2, -0.15) is 0 Å². The van der Waals surface area contributed by atoms with E-state index in [-0.39, 0.29) is 5.91 Å². The number of aryl methyl sites for hydroxylation is 3. The molecule has 0 atom stereocenters. The minimum absolute atomic E-state index is 0.151. The third-order valence-electron chi connectivity index (χ3n) is 2.59. The molecule has 0 saturated heterocycles. The summed E-state index contributed by atoms with van der Waals surface area (Å²) in [4.78, 5) is 12.1. The number of rotatable bonds is 2. The summed E-state index contributed by atoms with van der Waals surface area (Å²) >= 11 is 3.41. The predicted octanol–water partition coefficient (Wildman–Crippen LogP) is 4.22. The second kappa shape index (κ2) is 4.98. The number of anilines is 1. The van der Waals surface area contributed by atoms with Gasteiger partial charge >= 0.3 is 0 Å². The van der Waals surface area contributed by atoms with Gasteiger partial charge in [0.25, 0.3) is 5.91 Å². The molecule has 1 aromatic heterocycles. The Balaban J connectivity index is 2.23. The van der Waals surface area contributed by atoms with Crippen LogP contribution in [0.4, 0.5) is 5.69 Å². The highest BCUT2D eigenvalue weighted by molar-refractivity contribution is 9.10. The summed E-state index contributed by atoms with van der Waals surface area (Å²) in [6, 6.07) is 7.52. The van der Waals surface area contributed by atoms with E-state index in [1.807, 2.05) is 32.0 Å². The van der Waals surface area contributed by atoms with Crippen LogP contribution in [0.5, 0.6) is 0 Å². The topological polar surface area (TPSA) is 42.2 Å². The predicted molar refractivity (Wildman–Crippen MR) is 75.0 cm³/mol. The van der Waals surface area contributed by atoms with Crippen molar-refractivity contribution in [2.75, 3.05) is 5.32 Å². The van der Waals surface area contributed by atoms with Gasteiger partial charge in [-0.3, -0.25) is 4.79 Å². The van der Waals surface area contributed by atoms with Crippen LogP contribution in [-0.4, -0.2) is 5.91 Å². The number of hydrogen-bond donors (Lipinski definition) is 1. The molecule has 0 aliphatic carbocycles. The van der Waals surface area contributed by atoms with Crippen LogP contribution in [-0.2, 0) is 0 Å². The zero-order valence-electron chi connectivity index (χ0n) is 10.5. The Labute approximate surface area is 114 Å². The van der Waals surface area contributed by atoms with Crippen molar-refractivity contribution in [2.24, 2.45) is 0 Å². The molecule has 0 unspecified atom stereocenters. The molecule has 0 fully saturated rings. The molecular formula is C14H14BrNO2. The number of furan rings is 1. The van der Waals surface area contributed by atoms with Gasteiger partial charge in [0.15, 0.2) is 0 Å². The number of amides is 1. The van der Waals surface area contributed by atoms with Crippen molar-refractivity contribution in [3.8, 4) is 0 Å². The number of halogens is 1. The molecule has 3 nitrogen and oxygen atoms in total. The summed E-state index contributed by atoms with van der Waals surface area (Å²) in [6.07, 6.45) is 0. The van der Waals surface area contributed by atoms with Crippen LogP contribution in [0.3, 0.4) is 0 Å². The van der Waals surface area contributed by atoms with Crippen molar-refractivity contribution in [1.82, 2.24) is 0 Å². The lowest BCUT2D eigenvalue weighted by atomic mass is 10.2. The first-order valence-corrected chi connectivity index (χ1v) is 6.40. The van der Waals surface area contributed by atoms with Gasteiger partial charge in [0.1, 0.15) is 11.5 Å². The zero-order valence-corrected chi connectivity index (χ0v) is 12.1. The van der Waals surface area contributed by atoms with Crippen molar-refractivity contribution in [1.29, 1.82) is 0 Å². The lowest BCUT2D eigenvalue weighted by Crippen LogP contribution is -2.12. The van der Waals surface area contributed by atoms with Gasteiger partial charge in [0.05, 0.1) is 5.56 Å². The average Bonchev–Trinajstić information content (AvgIpc) is 2.56. The monoisotopic (exact) mass is 307 g/mol. The number of benzene rings is 1. The SMILES string of the molecule is Cc1cc(Br)cc(NC(=O)c2cc(C)oc2C)c1. The summed E-state index contributed by atoms with van der Waals surface area (Å²) in [5.41, 5.74) is 2.43. The van der Waals surface area contributed by atoms with E-state index in [1.54, 1.807) is 13.0 Å². The number of hydrogen-bond acceptors (Lipinski definition) is 2. The molecule has 1 aromatic carbocycles.